The highest BCUT2D eigenvalue weighted by Gasteiger charge is 2.19. The Balaban J connectivity index is 2.28. The van der Waals surface area contributed by atoms with Crippen LogP contribution in [-0.2, 0) is 16.6 Å². The Labute approximate surface area is 121 Å². The van der Waals surface area contributed by atoms with Gasteiger partial charge in [0.05, 0.1) is 17.8 Å². The lowest BCUT2D eigenvalue weighted by molar-refractivity contribution is 0.101. The van der Waals surface area contributed by atoms with Gasteiger partial charge in [-0.25, -0.2) is 13.1 Å². The van der Waals surface area contributed by atoms with E-state index in [0.717, 1.165) is 0 Å². The van der Waals surface area contributed by atoms with Crippen LogP contribution in [0.4, 0.5) is 0 Å². The molecule has 2 rings (SSSR count). The van der Waals surface area contributed by atoms with Gasteiger partial charge in [0.25, 0.3) is 0 Å². The third-order valence-electron chi connectivity index (χ3n) is 2.64. The molecule has 0 bridgehead atoms. The summed E-state index contributed by atoms with van der Waals surface area (Å²) in [5.74, 6) is 0.247. The number of Topliss-reactive ketones (excluding diaryl/α,β-unsaturated/α-hetero) is 1. The summed E-state index contributed by atoms with van der Waals surface area (Å²) in [6.07, 6.45) is 1.45. The Kier molecular flexibility index (Phi) is 4.27. The van der Waals surface area contributed by atoms with Gasteiger partial charge in [0.1, 0.15) is 10.7 Å². The maximum atomic E-state index is 12.2. The zero-order chi connectivity index (χ0) is 14.8. The lowest BCUT2D eigenvalue weighted by Crippen LogP contribution is -2.23. The zero-order valence-electron chi connectivity index (χ0n) is 10.6. The summed E-state index contributed by atoms with van der Waals surface area (Å²) in [7, 11) is -3.82. The second-order valence-corrected chi connectivity index (χ2v) is 6.25. The molecule has 0 aliphatic carbocycles. The number of furan rings is 1. The quantitative estimate of drug-likeness (QED) is 0.861. The van der Waals surface area contributed by atoms with Gasteiger partial charge in [0.15, 0.2) is 5.78 Å². The van der Waals surface area contributed by atoms with Gasteiger partial charge >= 0.3 is 0 Å². The average Bonchev–Trinajstić information content (AvgIpc) is 2.89. The minimum Gasteiger partial charge on any atom is -0.468 e. The summed E-state index contributed by atoms with van der Waals surface area (Å²) in [6.45, 7) is 1.37. The van der Waals surface area contributed by atoms with Crippen molar-refractivity contribution < 1.29 is 17.6 Å². The second-order valence-electron chi connectivity index (χ2n) is 4.11. The van der Waals surface area contributed by atoms with Crippen LogP contribution in [0.3, 0.4) is 0 Å². The number of ketones is 1. The molecular weight excluding hydrogens is 302 g/mol. The average molecular weight is 314 g/mol. The molecule has 5 nitrogen and oxygen atoms in total. The third kappa shape index (κ3) is 3.27. The van der Waals surface area contributed by atoms with Gasteiger partial charge < -0.3 is 4.42 Å². The van der Waals surface area contributed by atoms with Crippen LogP contribution in [0.5, 0.6) is 0 Å². The fourth-order valence-corrected chi connectivity index (χ4v) is 3.10. The van der Waals surface area contributed by atoms with E-state index in [4.69, 9.17) is 16.0 Å². The van der Waals surface area contributed by atoms with E-state index in [9.17, 15) is 13.2 Å². The number of hydrogen-bond donors (Lipinski definition) is 1. The molecule has 106 valence electrons. The van der Waals surface area contributed by atoms with Crippen LogP contribution in [0, 0.1) is 0 Å². The Morgan fingerprint density at radius 3 is 2.70 bits per heavy atom. The Hall–Kier alpha value is -1.63. The van der Waals surface area contributed by atoms with Crippen LogP contribution in [0.2, 0.25) is 5.02 Å². The lowest BCUT2D eigenvalue weighted by Gasteiger charge is -2.08. The van der Waals surface area contributed by atoms with Crippen LogP contribution < -0.4 is 4.72 Å². The van der Waals surface area contributed by atoms with Crippen molar-refractivity contribution in [2.75, 3.05) is 0 Å². The summed E-state index contributed by atoms with van der Waals surface area (Å²) < 4.78 is 31.8. The van der Waals surface area contributed by atoms with E-state index in [0.29, 0.717) is 5.76 Å². The van der Waals surface area contributed by atoms with E-state index >= 15 is 0 Å². The number of benzene rings is 1. The smallest absolute Gasteiger partial charge is 0.242 e. The van der Waals surface area contributed by atoms with Crippen LogP contribution in [0.1, 0.15) is 23.0 Å². The van der Waals surface area contributed by atoms with E-state index in [1.165, 1.54) is 31.4 Å². The first-order valence-electron chi connectivity index (χ1n) is 5.72. The molecule has 0 amide bonds. The minimum atomic E-state index is -3.82. The molecule has 1 N–H and O–H groups in total. The number of halogens is 1. The molecule has 1 aromatic heterocycles. The molecule has 0 saturated carbocycles. The Morgan fingerprint density at radius 1 is 1.35 bits per heavy atom. The van der Waals surface area contributed by atoms with Gasteiger partial charge in [-0.2, -0.15) is 0 Å². The predicted molar refractivity (Wildman–Crippen MR) is 74.2 cm³/mol. The van der Waals surface area contributed by atoms with Gasteiger partial charge in [-0.1, -0.05) is 11.6 Å². The standard InChI is InChI=1S/C13H12ClNO4S/c1-9(16)10-4-5-12(14)13(7-10)20(17,18)15-8-11-3-2-6-19-11/h2-7,15H,8H2,1H3. The molecule has 0 fully saturated rings. The highest BCUT2D eigenvalue weighted by Crippen LogP contribution is 2.23. The van der Waals surface area contributed by atoms with Gasteiger partial charge in [-0.05, 0) is 37.3 Å². The number of rotatable bonds is 5. The van der Waals surface area contributed by atoms with E-state index < -0.39 is 10.0 Å². The van der Waals surface area contributed by atoms with E-state index in [2.05, 4.69) is 4.72 Å². The van der Waals surface area contributed by atoms with E-state index in [-0.39, 0.29) is 27.8 Å². The first kappa shape index (κ1) is 14.8. The molecule has 20 heavy (non-hydrogen) atoms. The normalized spacial score (nSPS) is 11.5. The molecule has 0 saturated heterocycles. The highest BCUT2D eigenvalue weighted by atomic mass is 35.5. The first-order valence-corrected chi connectivity index (χ1v) is 7.59. The van der Waals surface area contributed by atoms with Crippen LogP contribution in [0.15, 0.2) is 45.9 Å². The molecule has 0 aliphatic rings. The molecular formula is C13H12ClNO4S. The van der Waals surface area contributed by atoms with Crippen molar-refractivity contribution in [2.24, 2.45) is 0 Å². The molecule has 0 radical (unpaired) electrons. The molecule has 1 aromatic carbocycles. The summed E-state index contributed by atoms with van der Waals surface area (Å²) in [5, 5.41) is 0.0574. The molecule has 2 aromatic rings. The van der Waals surface area contributed by atoms with Crippen molar-refractivity contribution in [3.63, 3.8) is 0 Å². The van der Waals surface area contributed by atoms with Crippen molar-refractivity contribution in [1.29, 1.82) is 0 Å². The third-order valence-corrected chi connectivity index (χ3v) is 4.53. The number of nitrogens with one attached hydrogen (secondary N) is 1. The molecule has 7 heteroatoms. The van der Waals surface area contributed by atoms with Gasteiger partial charge in [-0.15, -0.1) is 0 Å². The Bertz CT molecular complexity index is 723. The van der Waals surface area contributed by atoms with Crippen molar-refractivity contribution in [3.05, 3.63) is 52.9 Å². The number of sulfonamides is 1. The zero-order valence-corrected chi connectivity index (χ0v) is 12.2. The van der Waals surface area contributed by atoms with Crippen LogP contribution in [-0.4, -0.2) is 14.2 Å². The maximum absolute atomic E-state index is 12.2. The van der Waals surface area contributed by atoms with E-state index in [1.54, 1.807) is 12.1 Å². The molecule has 0 atom stereocenters. The van der Waals surface area contributed by atoms with Gasteiger partial charge in [0.2, 0.25) is 10.0 Å². The van der Waals surface area contributed by atoms with Crippen molar-refractivity contribution >= 4 is 27.4 Å². The maximum Gasteiger partial charge on any atom is 0.242 e. The SMILES string of the molecule is CC(=O)c1ccc(Cl)c(S(=O)(=O)NCc2ccco2)c1. The Morgan fingerprint density at radius 2 is 2.10 bits per heavy atom. The lowest BCUT2D eigenvalue weighted by atomic mass is 10.1. The second kappa shape index (κ2) is 5.78. The summed E-state index contributed by atoms with van der Waals surface area (Å²) in [4.78, 5) is 11.2. The number of carbonyl (C=O) groups is 1. The van der Waals surface area contributed by atoms with Crippen LogP contribution >= 0.6 is 11.6 Å². The van der Waals surface area contributed by atoms with Crippen LogP contribution in [0.25, 0.3) is 0 Å². The predicted octanol–water partition coefficient (Wildman–Crippen LogP) is 2.61. The molecule has 0 aliphatic heterocycles. The minimum absolute atomic E-state index is 0.00988. The fraction of sp³-hybridized carbons (Fsp3) is 0.154. The van der Waals surface area contributed by atoms with Crippen molar-refractivity contribution in [2.45, 2.75) is 18.4 Å². The van der Waals surface area contributed by atoms with Crippen molar-refractivity contribution in [1.82, 2.24) is 4.72 Å². The molecule has 0 spiro atoms. The topological polar surface area (TPSA) is 76.4 Å². The van der Waals surface area contributed by atoms with Crippen molar-refractivity contribution in [3.8, 4) is 0 Å². The molecule has 1 heterocycles. The monoisotopic (exact) mass is 313 g/mol. The largest absolute Gasteiger partial charge is 0.468 e. The summed E-state index contributed by atoms with van der Waals surface area (Å²) >= 11 is 5.89. The fourth-order valence-electron chi connectivity index (χ4n) is 1.59. The first-order chi connectivity index (χ1) is 9.40. The summed E-state index contributed by atoms with van der Waals surface area (Å²) in [6, 6.07) is 7.44. The van der Waals surface area contributed by atoms with Gasteiger partial charge in [0, 0.05) is 5.56 Å². The van der Waals surface area contributed by atoms with Gasteiger partial charge in [-0.3, -0.25) is 4.79 Å². The number of carbonyl (C=O) groups excluding carboxylic acids is 1. The molecule has 0 unspecified atom stereocenters. The summed E-state index contributed by atoms with van der Waals surface area (Å²) in [5.41, 5.74) is 0.285. The number of hydrogen-bond acceptors (Lipinski definition) is 4. The van der Waals surface area contributed by atoms with E-state index in [1.807, 2.05) is 0 Å². The highest BCUT2D eigenvalue weighted by molar-refractivity contribution is 7.89.